The lowest BCUT2D eigenvalue weighted by Gasteiger charge is -2.31. The Bertz CT molecular complexity index is 1060. The van der Waals surface area contributed by atoms with Gasteiger partial charge in [-0.2, -0.15) is 0 Å². The van der Waals surface area contributed by atoms with Gasteiger partial charge in [0.1, 0.15) is 10.8 Å². The molecule has 1 saturated heterocycles. The smallest absolute Gasteiger partial charge is 0.253 e. The molecule has 6 nitrogen and oxygen atoms in total. The van der Waals surface area contributed by atoms with E-state index in [1.807, 2.05) is 18.2 Å². The van der Waals surface area contributed by atoms with Crippen LogP contribution in [0.4, 0.5) is 9.52 Å². The van der Waals surface area contributed by atoms with Crippen molar-refractivity contribution in [3.63, 3.8) is 0 Å². The zero-order valence-electron chi connectivity index (χ0n) is 17.7. The van der Waals surface area contributed by atoms with Crippen LogP contribution in [0.1, 0.15) is 40.2 Å². The molecule has 0 spiro atoms. The van der Waals surface area contributed by atoms with Crippen molar-refractivity contribution in [2.24, 2.45) is 5.92 Å². The van der Waals surface area contributed by atoms with Crippen LogP contribution in [0.3, 0.4) is 0 Å². The van der Waals surface area contributed by atoms with Crippen LogP contribution in [0.25, 0.3) is 0 Å². The molecule has 0 bridgehead atoms. The van der Waals surface area contributed by atoms with Crippen molar-refractivity contribution in [3.05, 3.63) is 76.5 Å². The number of nitrogens with one attached hydrogen (secondary N) is 1. The van der Waals surface area contributed by atoms with Crippen LogP contribution in [0.15, 0.2) is 54.6 Å². The Hall–Kier alpha value is -3.13. The molecule has 1 aliphatic heterocycles. The molecule has 1 N–H and O–H groups in total. The Balaban J connectivity index is 1.22. The number of benzene rings is 2. The number of halogens is 1. The van der Waals surface area contributed by atoms with Gasteiger partial charge in [-0.1, -0.05) is 47.7 Å². The number of carbonyl (C=O) groups excluding carboxylic acids is 2. The van der Waals surface area contributed by atoms with Crippen molar-refractivity contribution in [1.29, 1.82) is 0 Å². The minimum atomic E-state index is -0.429. The molecule has 0 radical (unpaired) electrons. The van der Waals surface area contributed by atoms with Crippen LogP contribution in [0.2, 0.25) is 0 Å². The summed E-state index contributed by atoms with van der Waals surface area (Å²) in [6, 6.07) is 16.0. The van der Waals surface area contributed by atoms with E-state index in [1.165, 1.54) is 35.1 Å². The average molecular weight is 453 g/mol. The number of anilines is 1. The summed E-state index contributed by atoms with van der Waals surface area (Å²) in [4.78, 5) is 26.9. The molecule has 8 heteroatoms. The lowest BCUT2D eigenvalue weighted by Crippen LogP contribution is -2.41. The van der Waals surface area contributed by atoms with Gasteiger partial charge < -0.3 is 10.2 Å². The third-order valence-electron chi connectivity index (χ3n) is 5.62. The van der Waals surface area contributed by atoms with Gasteiger partial charge in [-0.05, 0) is 49.4 Å². The zero-order chi connectivity index (χ0) is 22.3. The summed E-state index contributed by atoms with van der Waals surface area (Å²) >= 11 is 1.41. The summed E-state index contributed by atoms with van der Waals surface area (Å²) in [5, 5.41) is 12.6. The van der Waals surface area contributed by atoms with E-state index in [1.54, 1.807) is 11.0 Å². The topological polar surface area (TPSA) is 75.2 Å². The summed E-state index contributed by atoms with van der Waals surface area (Å²) in [5.74, 6) is -0.902. The van der Waals surface area contributed by atoms with Crippen LogP contribution in [0, 0.1) is 11.7 Å². The highest BCUT2D eigenvalue weighted by atomic mass is 32.1. The summed E-state index contributed by atoms with van der Waals surface area (Å²) in [6.07, 6.45) is 3.91. The van der Waals surface area contributed by atoms with E-state index in [9.17, 15) is 14.0 Å². The number of hydrogen-bond acceptors (Lipinski definition) is 5. The average Bonchev–Trinajstić information content (AvgIpc) is 3.26. The van der Waals surface area contributed by atoms with E-state index in [0.29, 0.717) is 36.6 Å². The molecule has 1 fully saturated rings. The molecule has 1 aromatic heterocycles. The molecule has 3 aromatic rings. The molecule has 1 aliphatic rings. The van der Waals surface area contributed by atoms with Gasteiger partial charge in [0.2, 0.25) is 11.0 Å². The van der Waals surface area contributed by atoms with Crippen LogP contribution in [-0.2, 0) is 17.6 Å². The van der Waals surface area contributed by atoms with Crippen molar-refractivity contribution < 1.29 is 14.0 Å². The van der Waals surface area contributed by atoms with Crippen molar-refractivity contribution in [1.82, 2.24) is 15.1 Å². The standard InChI is InChI=1S/C24H25FN4O2S/c25-20-10-5-9-19(16-20)23(31)29-14-12-18(13-15-29)22(30)26-24-28-27-21(32-24)11-4-8-17-6-2-1-3-7-17/h1-3,5-7,9-10,16,18H,4,8,11-15H2,(H,26,28,30). The summed E-state index contributed by atoms with van der Waals surface area (Å²) in [6.45, 7) is 0.933. The summed E-state index contributed by atoms with van der Waals surface area (Å²) in [7, 11) is 0. The summed E-state index contributed by atoms with van der Waals surface area (Å²) in [5.41, 5.74) is 1.63. The van der Waals surface area contributed by atoms with E-state index in [2.05, 4.69) is 27.6 Å². The Morgan fingerprint density at radius 2 is 1.81 bits per heavy atom. The molecule has 2 amide bonds. The molecule has 0 aliphatic carbocycles. The van der Waals surface area contributed by atoms with Crippen molar-refractivity contribution in [2.75, 3.05) is 18.4 Å². The Morgan fingerprint density at radius 3 is 2.56 bits per heavy atom. The van der Waals surface area contributed by atoms with Gasteiger partial charge in [0, 0.05) is 31.0 Å². The van der Waals surface area contributed by atoms with Gasteiger partial charge in [0.25, 0.3) is 5.91 Å². The quantitative estimate of drug-likeness (QED) is 0.579. The van der Waals surface area contributed by atoms with Crippen LogP contribution in [0.5, 0.6) is 0 Å². The lowest BCUT2D eigenvalue weighted by atomic mass is 9.95. The molecular weight excluding hydrogens is 427 g/mol. The van der Waals surface area contributed by atoms with Gasteiger partial charge in [-0.15, -0.1) is 10.2 Å². The number of aromatic nitrogens is 2. The second kappa shape index (κ2) is 10.5. The number of rotatable bonds is 7. The molecule has 2 aromatic carbocycles. The third-order valence-corrected chi connectivity index (χ3v) is 6.52. The predicted molar refractivity (Wildman–Crippen MR) is 122 cm³/mol. The highest BCUT2D eigenvalue weighted by molar-refractivity contribution is 7.15. The second-order valence-electron chi connectivity index (χ2n) is 7.91. The molecule has 32 heavy (non-hydrogen) atoms. The van der Waals surface area contributed by atoms with Gasteiger partial charge in [0.05, 0.1) is 0 Å². The number of nitrogens with zero attached hydrogens (tertiary/aromatic N) is 3. The Morgan fingerprint density at radius 1 is 1.03 bits per heavy atom. The van der Waals surface area contributed by atoms with E-state index < -0.39 is 5.82 Å². The van der Waals surface area contributed by atoms with E-state index >= 15 is 0 Å². The number of piperidine rings is 1. The summed E-state index contributed by atoms with van der Waals surface area (Å²) < 4.78 is 13.4. The minimum absolute atomic E-state index is 0.0881. The number of aryl methyl sites for hydroxylation is 2. The van der Waals surface area contributed by atoms with E-state index in [-0.39, 0.29) is 17.7 Å². The molecule has 2 heterocycles. The first kappa shape index (κ1) is 22.1. The zero-order valence-corrected chi connectivity index (χ0v) is 18.5. The molecule has 0 atom stereocenters. The van der Waals surface area contributed by atoms with Crippen molar-refractivity contribution >= 4 is 28.3 Å². The minimum Gasteiger partial charge on any atom is -0.339 e. The van der Waals surface area contributed by atoms with E-state index in [0.717, 1.165) is 24.3 Å². The fraction of sp³-hybridized carbons (Fsp3) is 0.333. The molecule has 0 unspecified atom stereocenters. The number of carbonyl (C=O) groups is 2. The monoisotopic (exact) mass is 452 g/mol. The van der Waals surface area contributed by atoms with Gasteiger partial charge in [-0.25, -0.2) is 4.39 Å². The molecule has 0 saturated carbocycles. The SMILES string of the molecule is O=C(Nc1nnc(CCCc2ccccc2)s1)C1CCN(C(=O)c2cccc(F)c2)CC1. The number of amides is 2. The van der Waals surface area contributed by atoms with Gasteiger partial charge >= 0.3 is 0 Å². The predicted octanol–water partition coefficient (Wildman–Crippen LogP) is 4.34. The number of likely N-dealkylation sites (tertiary alicyclic amines) is 1. The first-order valence-corrected chi connectivity index (χ1v) is 11.6. The third kappa shape index (κ3) is 5.76. The highest BCUT2D eigenvalue weighted by Crippen LogP contribution is 2.23. The van der Waals surface area contributed by atoms with Gasteiger partial charge in [0.15, 0.2) is 0 Å². The largest absolute Gasteiger partial charge is 0.339 e. The van der Waals surface area contributed by atoms with Gasteiger partial charge in [-0.3, -0.25) is 9.59 Å². The normalized spacial score (nSPS) is 14.3. The molecular formula is C24H25FN4O2S. The van der Waals surface area contributed by atoms with E-state index in [4.69, 9.17) is 0 Å². The maximum absolute atomic E-state index is 13.4. The fourth-order valence-corrected chi connectivity index (χ4v) is 4.63. The maximum Gasteiger partial charge on any atom is 0.253 e. The Kier molecular flexibility index (Phi) is 7.21. The second-order valence-corrected chi connectivity index (χ2v) is 8.97. The first-order chi connectivity index (χ1) is 15.6. The Labute approximate surface area is 190 Å². The molecule has 4 rings (SSSR count). The lowest BCUT2D eigenvalue weighted by molar-refractivity contribution is -0.121. The first-order valence-electron chi connectivity index (χ1n) is 10.8. The van der Waals surface area contributed by atoms with Crippen molar-refractivity contribution in [2.45, 2.75) is 32.1 Å². The fourth-order valence-electron chi connectivity index (χ4n) is 3.85. The van der Waals surface area contributed by atoms with Crippen LogP contribution < -0.4 is 5.32 Å². The maximum atomic E-state index is 13.4. The highest BCUT2D eigenvalue weighted by Gasteiger charge is 2.28. The molecule has 166 valence electrons. The van der Waals surface area contributed by atoms with Crippen LogP contribution in [-0.4, -0.2) is 40.0 Å². The van der Waals surface area contributed by atoms with Crippen molar-refractivity contribution in [3.8, 4) is 0 Å². The van der Waals surface area contributed by atoms with Crippen LogP contribution >= 0.6 is 11.3 Å². The number of hydrogen-bond donors (Lipinski definition) is 1.